The number of nitrogens with one attached hydrogen (secondary N) is 2. The molecule has 186 valence electrons. The van der Waals surface area contributed by atoms with Crippen molar-refractivity contribution in [1.82, 2.24) is 0 Å². The van der Waals surface area contributed by atoms with Crippen molar-refractivity contribution in [2.45, 2.75) is 18.9 Å². The fraction of sp³-hybridized carbons (Fsp3) is 0.286. The zero-order chi connectivity index (χ0) is 26.0. The van der Waals surface area contributed by atoms with Gasteiger partial charge < -0.3 is 31.9 Å². The van der Waals surface area contributed by atoms with Crippen molar-refractivity contribution in [2.24, 2.45) is 16.6 Å². The highest BCUT2D eigenvalue weighted by atomic mass is 16.6. The number of nitrogens with two attached hydrogens (primary N) is 2. The van der Waals surface area contributed by atoms with Crippen LogP contribution in [0, 0.1) is 15.0 Å². The van der Waals surface area contributed by atoms with Crippen molar-refractivity contribution < 1.29 is 29.2 Å². The lowest BCUT2D eigenvalue weighted by Gasteiger charge is -2.18. The number of benzene rings is 2. The van der Waals surface area contributed by atoms with Crippen molar-refractivity contribution in [1.29, 1.82) is 0 Å². The zero-order valence-corrected chi connectivity index (χ0v) is 18.4. The van der Waals surface area contributed by atoms with Crippen LogP contribution in [0.3, 0.4) is 0 Å². The van der Waals surface area contributed by atoms with Crippen LogP contribution >= 0.6 is 0 Å². The predicted molar refractivity (Wildman–Crippen MR) is 126 cm³/mol. The molecule has 2 rings (SSSR count). The van der Waals surface area contributed by atoms with E-state index in [1.165, 1.54) is 30.3 Å². The molecule has 7 N–H and O–H groups in total. The number of primary amides is 2. The number of hydrogen-bond acceptors (Lipinski definition) is 10. The Balaban J connectivity index is 2.01. The number of carbonyl (C=O) groups excluding carboxylic acids is 2. The van der Waals surface area contributed by atoms with Gasteiger partial charge >= 0.3 is 5.97 Å². The first kappa shape index (κ1) is 26.7. The zero-order valence-electron chi connectivity index (χ0n) is 18.4. The minimum atomic E-state index is -1.16. The lowest BCUT2D eigenvalue weighted by atomic mass is 10.1. The van der Waals surface area contributed by atoms with E-state index in [0.717, 1.165) is 6.07 Å². The van der Waals surface area contributed by atoms with E-state index in [1.54, 1.807) is 0 Å². The molecule has 14 nitrogen and oxygen atoms in total. The van der Waals surface area contributed by atoms with E-state index >= 15 is 0 Å². The van der Waals surface area contributed by atoms with Gasteiger partial charge in [-0.05, 0) is 48.4 Å². The van der Waals surface area contributed by atoms with E-state index in [9.17, 15) is 29.4 Å². The smallest absolute Gasteiger partial charge is 0.329 e. The molecule has 0 aliphatic rings. The molecule has 35 heavy (non-hydrogen) atoms. The highest BCUT2D eigenvalue weighted by molar-refractivity contribution is 5.95. The summed E-state index contributed by atoms with van der Waals surface area (Å²) in [6.45, 7) is -0.0990. The molecular weight excluding hydrogens is 464 g/mol. The number of carboxylic acids is 1. The van der Waals surface area contributed by atoms with Crippen LogP contribution in [0.2, 0.25) is 0 Å². The highest BCUT2D eigenvalue weighted by Crippen LogP contribution is 2.27. The van der Waals surface area contributed by atoms with Crippen LogP contribution in [0.25, 0.3) is 0 Å². The average Bonchev–Trinajstić information content (AvgIpc) is 2.81. The molecular formula is C21H24N6O8. The standard InChI is InChI=1S/C21H24N6O8/c22-20(30)12-1-3-15(17(9-12)26-32)24-7-5-14(35-11-19(28)29)6-8-25-16-4-2-13(21(23)31)10-18(16)27(33)34/h1-4,9-10,14,24-25H,5-8,11H2,(H2,22,30)(H2,23,31)(H,28,29). The molecule has 0 bridgehead atoms. The van der Waals surface area contributed by atoms with Gasteiger partial charge in [0, 0.05) is 30.3 Å². The topological polar surface area (TPSA) is 229 Å². The fourth-order valence-corrected chi connectivity index (χ4v) is 3.13. The van der Waals surface area contributed by atoms with Crippen LogP contribution in [0.1, 0.15) is 33.6 Å². The van der Waals surface area contributed by atoms with Crippen LogP contribution in [-0.2, 0) is 9.53 Å². The third kappa shape index (κ3) is 8.04. The van der Waals surface area contributed by atoms with Gasteiger partial charge in [-0.1, -0.05) is 0 Å². The van der Waals surface area contributed by atoms with Crippen LogP contribution in [0.5, 0.6) is 0 Å². The Kier molecular flexibility index (Phi) is 9.60. The Morgan fingerprint density at radius 3 is 2.06 bits per heavy atom. The minimum Gasteiger partial charge on any atom is -0.480 e. The van der Waals surface area contributed by atoms with Gasteiger partial charge in [0.1, 0.15) is 18.0 Å². The third-order valence-corrected chi connectivity index (χ3v) is 4.87. The number of nitro groups is 1. The Hall–Kier alpha value is -4.59. The number of aliphatic carboxylic acids is 1. The second kappa shape index (κ2) is 12.6. The molecule has 0 saturated heterocycles. The van der Waals surface area contributed by atoms with E-state index in [0.29, 0.717) is 12.1 Å². The van der Waals surface area contributed by atoms with E-state index < -0.39 is 35.4 Å². The number of nitro benzene ring substituents is 1. The summed E-state index contributed by atoms with van der Waals surface area (Å²) in [6, 6.07) is 7.92. The molecule has 2 amide bonds. The maximum absolute atomic E-state index is 11.3. The molecule has 0 spiro atoms. The van der Waals surface area contributed by atoms with E-state index in [1.807, 2.05) is 0 Å². The molecule has 0 fully saturated rings. The Morgan fingerprint density at radius 2 is 1.54 bits per heavy atom. The van der Waals surface area contributed by atoms with Gasteiger partial charge in [0.05, 0.1) is 16.7 Å². The number of carboxylic acid groups (broad SMARTS) is 1. The molecule has 0 heterocycles. The quantitative estimate of drug-likeness (QED) is 0.139. The van der Waals surface area contributed by atoms with Crippen molar-refractivity contribution >= 4 is 40.5 Å². The summed E-state index contributed by atoms with van der Waals surface area (Å²) in [5, 5.41) is 29.0. The molecule has 14 heteroatoms. The average molecular weight is 488 g/mol. The van der Waals surface area contributed by atoms with Gasteiger partial charge in [-0.25, -0.2) is 4.79 Å². The van der Waals surface area contributed by atoms with Crippen LogP contribution in [0.15, 0.2) is 41.6 Å². The maximum Gasteiger partial charge on any atom is 0.329 e. The summed E-state index contributed by atoms with van der Waals surface area (Å²) in [5.41, 5.74) is 10.6. The normalized spacial score (nSPS) is 11.3. The van der Waals surface area contributed by atoms with Crippen LogP contribution in [0.4, 0.5) is 22.7 Å². The Morgan fingerprint density at radius 1 is 1.00 bits per heavy atom. The van der Waals surface area contributed by atoms with Crippen molar-refractivity contribution in [2.75, 3.05) is 30.3 Å². The number of ether oxygens (including phenoxy) is 1. The molecule has 2 aromatic carbocycles. The molecule has 0 aliphatic carbocycles. The van der Waals surface area contributed by atoms with Crippen molar-refractivity contribution in [3.05, 3.63) is 62.5 Å². The fourth-order valence-electron chi connectivity index (χ4n) is 3.13. The van der Waals surface area contributed by atoms with Crippen molar-refractivity contribution in [3.63, 3.8) is 0 Å². The first-order valence-electron chi connectivity index (χ1n) is 10.3. The highest BCUT2D eigenvalue weighted by Gasteiger charge is 2.18. The summed E-state index contributed by atoms with van der Waals surface area (Å²) in [4.78, 5) is 55.2. The number of hydrogen-bond donors (Lipinski definition) is 5. The number of nitroso groups, excluding NO2 is 1. The second-order valence-corrected chi connectivity index (χ2v) is 7.30. The minimum absolute atomic E-state index is 0.0102. The van der Waals surface area contributed by atoms with Gasteiger partial charge in [0.15, 0.2) is 0 Å². The van der Waals surface area contributed by atoms with Gasteiger partial charge in [0.25, 0.3) is 5.69 Å². The number of nitrogens with zero attached hydrogens (tertiary/aromatic N) is 2. The molecule has 1 unspecified atom stereocenters. The molecule has 1 atom stereocenters. The van der Waals surface area contributed by atoms with E-state index in [-0.39, 0.29) is 47.7 Å². The van der Waals surface area contributed by atoms with Crippen LogP contribution < -0.4 is 22.1 Å². The third-order valence-electron chi connectivity index (χ3n) is 4.87. The number of rotatable bonds is 15. The largest absolute Gasteiger partial charge is 0.480 e. The first-order valence-corrected chi connectivity index (χ1v) is 10.3. The Bertz CT molecular complexity index is 1120. The summed E-state index contributed by atoms with van der Waals surface area (Å²) < 4.78 is 5.39. The molecule has 0 aliphatic heterocycles. The number of amides is 2. The maximum atomic E-state index is 11.3. The second-order valence-electron chi connectivity index (χ2n) is 7.30. The van der Waals surface area contributed by atoms with Crippen molar-refractivity contribution in [3.8, 4) is 0 Å². The molecule has 0 saturated carbocycles. The van der Waals surface area contributed by atoms with E-state index in [2.05, 4.69) is 15.8 Å². The summed E-state index contributed by atoms with van der Waals surface area (Å²) in [5.74, 6) is -2.67. The predicted octanol–water partition coefficient (Wildman–Crippen LogP) is 1.96. The van der Waals surface area contributed by atoms with Gasteiger partial charge in [-0.3, -0.25) is 19.7 Å². The van der Waals surface area contributed by atoms with Gasteiger partial charge in [-0.15, -0.1) is 4.91 Å². The summed E-state index contributed by atoms with van der Waals surface area (Å²) in [7, 11) is 0. The Labute approximate surface area is 198 Å². The lowest BCUT2D eigenvalue weighted by molar-refractivity contribution is -0.384. The van der Waals surface area contributed by atoms with Gasteiger partial charge in [-0.2, -0.15) is 0 Å². The van der Waals surface area contributed by atoms with Crippen LogP contribution in [-0.4, -0.2) is 53.6 Å². The summed E-state index contributed by atoms with van der Waals surface area (Å²) in [6.07, 6.45) is 0.0314. The molecule has 0 aromatic heterocycles. The molecule has 2 aromatic rings. The number of carbonyl (C=O) groups is 3. The molecule has 0 radical (unpaired) electrons. The van der Waals surface area contributed by atoms with E-state index in [4.69, 9.17) is 21.3 Å². The monoisotopic (exact) mass is 488 g/mol. The summed E-state index contributed by atoms with van der Waals surface area (Å²) >= 11 is 0. The number of anilines is 2. The SMILES string of the molecule is NC(=O)c1ccc(NCCC(CCNc2ccc(C(N)=O)cc2[N+](=O)[O-])OCC(=O)O)c(N=O)c1. The first-order chi connectivity index (χ1) is 16.6. The van der Waals surface area contributed by atoms with Gasteiger partial charge in [0.2, 0.25) is 11.8 Å². The lowest BCUT2D eigenvalue weighted by Crippen LogP contribution is -2.24.